The average Bonchev–Trinajstić information content (AvgIpc) is 3.37. The van der Waals surface area contributed by atoms with E-state index in [2.05, 4.69) is 62.0 Å². The van der Waals surface area contributed by atoms with Gasteiger partial charge in [-0.25, -0.2) is 35.1 Å². The molecule has 2 aliphatic rings. The monoisotopic (exact) mass is 1430 g/mol. The lowest BCUT2D eigenvalue weighted by Gasteiger charge is -2.39. The van der Waals surface area contributed by atoms with Crippen molar-refractivity contribution in [3.63, 3.8) is 0 Å². The Bertz CT molecular complexity index is 1980. The molecule has 0 amide bonds. The summed E-state index contributed by atoms with van der Waals surface area (Å²) in [5.74, 6) is -18.9. The van der Waals surface area contributed by atoms with Crippen molar-refractivity contribution in [2.24, 2.45) is 21.7 Å². The van der Waals surface area contributed by atoms with E-state index in [1.54, 1.807) is 69.2 Å². The van der Waals surface area contributed by atoms with Gasteiger partial charge in [0, 0.05) is 19.3 Å². The van der Waals surface area contributed by atoms with Gasteiger partial charge in [-0.3, -0.25) is 28.8 Å². The zero-order valence-corrected chi connectivity index (χ0v) is 53.8. The minimum absolute atomic E-state index is 0.0278. The predicted molar refractivity (Wildman–Crippen MR) is 285 cm³/mol. The number of ether oxygens (including phenoxy) is 8. The third-order valence-electron chi connectivity index (χ3n) is 11.0. The molecule has 19 nitrogen and oxygen atoms in total. The summed E-state index contributed by atoms with van der Waals surface area (Å²) in [5, 5.41) is 43.4. The van der Waals surface area contributed by atoms with Gasteiger partial charge in [0.25, 0.3) is 23.7 Å². The number of hydrogen-bond donors (Lipinski definition) is 5. The Morgan fingerprint density at radius 2 is 0.747 bits per heavy atom. The lowest BCUT2D eigenvalue weighted by atomic mass is 9.92. The molecule has 494 valence electrons. The molecule has 0 aromatic rings. The second-order valence-corrected chi connectivity index (χ2v) is 26.6. The summed E-state index contributed by atoms with van der Waals surface area (Å²) in [5.41, 5.74) is -5.03. The van der Waals surface area contributed by atoms with Gasteiger partial charge < -0.3 is 63.4 Å². The van der Waals surface area contributed by atoms with Crippen LogP contribution in [0.25, 0.3) is 0 Å². The Labute approximate surface area is 501 Å². The normalized spacial score (nSPS) is 17.5. The first-order valence-electron chi connectivity index (χ1n) is 24.9. The van der Waals surface area contributed by atoms with Gasteiger partial charge in [-0.15, -0.1) is 0 Å². The molecular weight excluding hydrogens is 1350 g/mol. The van der Waals surface area contributed by atoms with Crippen molar-refractivity contribution in [3.8, 4) is 0 Å². The lowest BCUT2D eigenvalue weighted by Crippen LogP contribution is -2.50. The van der Waals surface area contributed by atoms with E-state index in [-0.39, 0.29) is 37.5 Å². The maximum atomic E-state index is 13.0. The van der Waals surface area contributed by atoms with E-state index in [1.165, 1.54) is 34.6 Å². The van der Waals surface area contributed by atoms with Crippen molar-refractivity contribution in [1.29, 1.82) is 0 Å². The highest BCUT2D eigenvalue weighted by Gasteiger charge is 2.46. The van der Waals surface area contributed by atoms with Crippen LogP contribution in [0.5, 0.6) is 0 Å². The van der Waals surface area contributed by atoms with Crippen LogP contribution in [-0.2, 0) is 66.7 Å². The number of aliphatic hydroxyl groups is 4. The van der Waals surface area contributed by atoms with E-state index < -0.39 is 174 Å². The van der Waals surface area contributed by atoms with Crippen molar-refractivity contribution >= 4 is 82.3 Å². The second kappa shape index (κ2) is 35.4. The van der Waals surface area contributed by atoms with Crippen LogP contribution < -0.4 is 0 Å². The summed E-state index contributed by atoms with van der Waals surface area (Å²) in [4.78, 5) is 67.4. The van der Waals surface area contributed by atoms with E-state index >= 15 is 0 Å². The first-order valence-corrected chi connectivity index (χ1v) is 27.3. The van der Waals surface area contributed by atoms with Gasteiger partial charge >= 0.3 is 36.0 Å². The van der Waals surface area contributed by atoms with Crippen LogP contribution in [0.15, 0.2) is 0 Å². The minimum atomic E-state index is -4.92. The molecule has 2 saturated heterocycles. The highest BCUT2D eigenvalue weighted by Crippen LogP contribution is 2.34. The number of halogens is 14. The fraction of sp³-hybridized carbons (Fsp3) is 0.880. The number of carboxylic acid groups (broad SMARTS) is 1. The molecule has 0 aliphatic carbocycles. The van der Waals surface area contributed by atoms with E-state index in [0.717, 1.165) is 0 Å². The fourth-order valence-corrected chi connectivity index (χ4v) is 4.29. The summed E-state index contributed by atoms with van der Waals surface area (Å²) in [6.07, 6.45) is -8.46. The van der Waals surface area contributed by atoms with Crippen LogP contribution in [0.2, 0.25) is 0 Å². The van der Waals surface area contributed by atoms with Crippen molar-refractivity contribution < 1.29 is 140 Å². The standard InChI is InChI=1S/C13H21BrF2O5.C12H20F2O4.C9H16F2O4.C8H14O4.C4H6Br2O.C4H5F5O/c1-5-13(15,16)8-21-10(19)12(4,6-17)7-20-9(18)11(2,3)14;1-5-12(13,14)8-16-9(15)11(4)6-17-10(2,3)18-7-11;1-3-9(10,11)6-15-7(14)8(2,4-12)5-13;1-7(2)11-4-8(3,5-12-7)6(9)10;1-4(2,6)3(5)7;5-3(6,2-10)1-4(7,8)9/h17H,5-8H2,1-4H3;5-8H2,1-4H3;12-13H,3-6H2,1-2H3;4-5H2,1-3H3,(H,9,10);1-2H3;10H,1-2H2. The number of rotatable bonds is 22. The highest BCUT2D eigenvalue weighted by molar-refractivity contribution is 9.20. The molecule has 2 fully saturated rings. The molecule has 1 unspecified atom stereocenters. The Balaban J connectivity index is -0.000000465. The van der Waals surface area contributed by atoms with E-state index in [0.29, 0.717) is 0 Å². The number of aliphatic carboxylic acids is 1. The number of hydrogen-bond acceptors (Lipinski definition) is 18. The molecule has 0 radical (unpaired) electrons. The van der Waals surface area contributed by atoms with Gasteiger partial charge in [0.2, 0.25) is 4.69 Å². The van der Waals surface area contributed by atoms with E-state index in [9.17, 15) is 82.2 Å². The topological polar surface area (TPSA) is 277 Å². The number of aliphatic hydroxyl groups excluding tert-OH is 4. The van der Waals surface area contributed by atoms with Crippen LogP contribution >= 0.6 is 47.8 Å². The Hall–Kier alpha value is -2.63. The minimum Gasteiger partial charge on any atom is -0.481 e. The lowest BCUT2D eigenvalue weighted by molar-refractivity contribution is -0.282. The van der Waals surface area contributed by atoms with Gasteiger partial charge in [-0.05, 0) is 99.0 Å². The van der Waals surface area contributed by atoms with Crippen molar-refractivity contribution in [2.75, 3.05) is 79.3 Å². The number of carbonyl (C=O) groups is 6. The molecule has 0 spiro atoms. The van der Waals surface area contributed by atoms with Gasteiger partial charge in [0.15, 0.2) is 31.4 Å². The second-order valence-electron chi connectivity index (χ2n) is 21.9. The molecule has 33 heteroatoms. The SMILES string of the molecule is CC(C)(Br)C(=O)Br.CC1(C)OCC(C)(C(=O)O)CO1.CCC(F)(F)COC(=O)C(C)(CO)CO.CCC(F)(F)COC(=O)C(C)(CO)COC(=O)C(C)(C)Br.CCC(F)(F)COC(=O)C1(C)COC(C)(C)OC1.OCC(F)(F)CC(F)(F)F. The first-order chi connectivity index (χ1) is 36.9. The molecule has 2 aliphatic heterocycles. The summed E-state index contributed by atoms with van der Waals surface area (Å²) in [7, 11) is 0. The first kappa shape index (κ1) is 86.8. The summed E-state index contributed by atoms with van der Waals surface area (Å²) < 4.78 is 172. The van der Waals surface area contributed by atoms with Crippen LogP contribution in [0.3, 0.4) is 0 Å². The van der Waals surface area contributed by atoms with Crippen LogP contribution in [0, 0.1) is 21.7 Å². The van der Waals surface area contributed by atoms with E-state index in [4.69, 9.17) is 44.1 Å². The zero-order chi connectivity index (χ0) is 66.9. The van der Waals surface area contributed by atoms with Crippen molar-refractivity contribution in [2.45, 2.75) is 180 Å². The molecule has 2 heterocycles. The molecule has 5 N–H and O–H groups in total. The highest BCUT2D eigenvalue weighted by atomic mass is 79.9. The van der Waals surface area contributed by atoms with Crippen molar-refractivity contribution in [3.05, 3.63) is 0 Å². The maximum Gasteiger partial charge on any atom is 0.394 e. The molecule has 0 aromatic carbocycles. The summed E-state index contributed by atoms with van der Waals surface area (Å²) >= 11 is 9.04. The molecule has 0 aromatic heterocycles. The third-order valence-corrected chi connectivity index (χ3v) is 13.2. The van der Waals surface area contributed by atoms with Crippen LogP contribution in [0.1, 0.15) is 130 Å². The fourth-order valence-electron chi connectivity index (χ4n) is 4.18. The van der Waals surface area contributed by atoms with Crippen LogP contribution in [0.4, 0.5) is 48.3 Å². The number of alkyl halides is 13. The molecule has 83 heavy (non-hydrogen) atoms. The summed E-state index contributed by atoms with van der Waals surface area (Å²) in [6, 6.07) is 0. The van der Waals surface area contributed by atoms with Gasteiger partial charge in [0.1, 0.15) is 45.6 Å². The third kappa shape index (κ3) is 37.6. The predicted octanol–water partition coefficient (Wildman–Crippen LogP) is 9.73. The smallest absolute Gasteiger partial charge is 0.394 e. The van der Waals surface area contributed by atoms with Gasteiger partial charge in [-0.1, -0.05) is 52.6 Å². The Kier molecular flexibility index (Phi) is 37.0. The van der Waals surface area contributed by atoms with Gasteiger partial charge in [-0.2, -0.15) is 13.2 Å². The molecular formula is C50H82Br3F11O19. The number of carboxylic acids is 1. The van der Waals surface area contributed by atoms with Gasteiger partial charge in [0.05, 0.1) is 50.6 Å². The molecule has 0 bridgehead atoms. The molecule has 2 rings (SSSR count). The summed E-state index contributed by atoms with van der Waals surface area (Å²) in [6.45, 7) is 16.6. The zero-order valence-electron chi connectivity index (χ0n) is 49.1. The Morgan fingerprint density at radius 3 is 0.988 bits per heavy atom. The number of esters is 4. The van der Waals surface area contributed by atoms with E-state index in [1.807, 2.05) is 0 Å². The Morgan fingerprint density at radius 1 is 0.458 bits per heavy atom. The quantitative estimate of drug-likeness (QED) is 0.0222. The average molecular weight is 1440 g/mol. The number of carbonyl (C=O) groups excluding carboxylic acids is 5. The van der Waals surface area contributed by atoms with Crippen molar-refractivity contribution in [1.82, 2.24) is 0 Å². The largest absolute Gasteiger partial charge is 0.481 e. The maximum absolute atomic E-state index is 13.0. The molecule has 0 saturated carbocycles. The van der Waals surface area contributed by atoms with Crippen LogP contribution in [-0.4, -0.2) is 189 Å². The molecule has 1 atom stereocenters.